The number of methoxy groups -OCH3 is 1. The number of hydrogen-bond donors (Lipinski definition) is 1. The Morgan fingerprint density at radius 3 is 2.63 bits per heavy atom. The average molecular weight is 260 g/mol. The van der Waals surface area contributed by atoms with Crippen LogP contribution in [0.3, 0.4) is 0 Å². The molecular weight excluding hydrogens is 248 g/mol. The lowest BCUT2D eigenvalue weighted by Gasteiger charge is -2.06. The molecule has 0 aliphatic rings. The third kappa shape index (κ3) is 2.82. The van der Waals surface area contributed by atoms with Gasteiger partial charge in [0, 0.05) is 11.6 Å². The maximum atomic E-state index is 11.6. The molecule has 19 heavy (non-hydrogen) atoms. The minimum Gasteiger partial charge on any atom is -0.502 e. The summed E-state index contributed by atoms with van der Waals surface area (Å²) in [4.78, 5) is 22.8. The van der Waals surface area contributed by atoms with Gasteiger partial charge < -0.3 is 14.3 Å². The summed E-state index contributed by atoms with van der Waals surface area (Å²) < 4.78 is 9.88. The second kappa shape index (κ2) is 5.39. The van der Waals surface area contributed by atoms with Crippen molar-refractivity contribution in [2.24, 2.45) is 0 Å². The van der Waals surface area contributed by atoms with Gasteiger partial charge in [-0.25, -0.2) is 0 Å². The average Bonchev–Trinajstić information content (AvgIpc) is 2.44. The number of carbonyl (C=O) groups excluding carboxylic acids is 1. The van der Waals surface area contributed by atoms with E-state index in [1.807, 2.05) is 6.07 Å². The van der Waals surface area contributed by atoms with Crippen LogP contribution >= 0.6 is 0 Å². The van der Waals surface area contributed by atoms with Gasteiger partial charge in [0.15, 0.2) is 5.76 Å². The fourth-order valence-electron chi connectivity index (χ4n) is 1.60. The number of hydrogen-bond acceptors (Lipinski definition) is 5. The lowest BCUT2D eigenvalue weighted by atomic mass is 10.1. The molecule has 0 unspecified atom stereocenters. The maximum absolute atomic E-state index is 11.6. The van der Waals surface area contributed by atoms with Crippen molar-refractivity contribution in [3.8, 4) is 17.1 Å². The van der Waals surface area contributed by atoms with Crippen LogP contribution in [0.15, 0.2) is 45.6 Å². The fraction of sp³-hybridized carbons (Fsp3) is 0.143. The van der Waals surface area contributed by atoms with Crippen LogP contribution < -0.4 is 5.43 Å². The highest BCUT2D eigenvalue weighted by Gasteiger charge is 2.15. The van der Waals surface area contributed by atoms with Crippen molar-refractivity contribution in [2.75, 3.05) is 7.11 Å². The SMILES string of the molecule is COC(=O)Cc1oc(-c2ccccc2)cc(=O)c1O. The van der Waals surface area contributed by atoms with Gasteiger partial charge in [0.25, 0.3) is 0 Å². The second-order valence-electron chi connectivity index (χ2n) is 3.87. The standard InChI is InChI=1S/C14H12O5/c1-18-13(16)8-12-14(17)10(15)7-11(19-12)9-5-3-2-4-6-9/h2-7,17H,8H2,1H3. The summed E-state index contributed by atoms with van der Waals surface area (Å²) >= 11 is 0. The predicted octanol–water partition coefficient (Wildman–Crippen LogP) is 1.73. The predicted molar refractivity (Wildman–Crippen MR) is 67.8 cm³/mol. The monoisotopic (exact) mass is 260 g/mol. The number of carbonyl (C=O) groups is 1. The second-order valence-corrected chi connectivity index (χ2v) is 3.87. The first-order valence-electron chi connectivity index (χ1n) is 5.60. The van der Waals surface area contributed by atoms with E-state index in [1.54, 1.807) is 24.3 Å². The molecule has 1 aromatic heterocycles. The van der Waals surface area contributed by atoms with Crippen LogP contribution in [0, 0.1) is 0 Å². The van der Waals surface area contributed by atoms with E-state index >= 15 is 0 Å². The number of benzene rings is 1. The van der Waals surface area contributed by atoms with Crippen molar-refractivity contribution in [1.29, 1.82) is 0 Å². The van der Waals surface area contributed by atoms with Crippen molar-refractivity contribution >= 4 is 5.97 Å². The number of esters is 1. The normalized spacial score (nSPS) is 10.2. The van der Waals surface area contributed by atoms with Crippen LogP contribution in [-0.2, 0) is 16.0 Å². The molecule has 1 N–H and O–H groups in total. The Kier molecular flexibility index (Phi) is 3.66. The summed E-state index contributed by atoms with van der Waals surface area (Å²) in [6, 6.07) is 10.1. The highest BCUT2D eigenvalue weighted by Crippen LogP contribution is 2.23. The summed E-state index contributed by atoms with van der Waals surface area (Å²) in [5.74, 6) is -0.964. The highest BCUT2D eigenvalue weighted by atomic mass is 16.5. The summed E-state index contributed by atoms with van der Waals surface area (Å²) in [6.07, 6.45) is -0.293. The molecule has 0 bridgehead atoms. The number of ether oxygens (including phenoxy) is 1. The zero-order valence-electron chi connectivity index (χ0n) is 10.3. The van der Waals surface area contributed by atoms with E-state index in [0.29, 0.717) is 11.3 Å². The number of aromatic hydroxyl groups is 1. The summed E-state index contributed by atoms with van der Waals surface area (Å²) in [7, 11) is 1.22. The van der Waals surface area contributed by atoms with Gasteiger partial charge in [-0.2, -0.15) is 0 Å². The van der Waals surface area contributed by atoms with E-state index < -0.39 is 17.1 Å². The van der Waals surface area contributed by atoms with Gasteiger partial charge in [0.1, 0.15) is 12.2 Å². The van der Waals surface area contributed by atoms with Crippen LogP contribution in [0.25, 0.3) is 11.3 Å². The molecule has 5 nitrogen and oxygen atoms in total. The molecule has 1 aromatic carbocycles. The zero-order valence-corrected chi connectivity index (χ0v) is 10.3. The van der Waals surface area contributed by atoms with Crippen molar-refractivity contribution in [3.63, 3.8) is 0 Å². The third-order valence-electron chi connectivity index (χ3n) is 2.58. The molecule has 0 aliphatic carbocycles. The Morgan fingerprint density at radius 2 is 2.00 bits per heavy atom. The lowest BCUT2D eigenvalue weighted by molar-refractivity contribution is -0.140. The van der Waals surface area contributed by atoms with Gasteiger partial charge in [-0.15, -0.1) is 0 Å². The first-order chi connectivity index (χ1) is 9.11. The highest BCUT2D eigenvalue weighted by molar-refractivity contribution is 5.72. The van der Waals surface area contributed by atoms with E-state index in [2.05, 4.69) is 4.74 Å². The molecule has 0 fully saturated rings. The van der Waals surface area contributed by atoms with Gasteiger partial charge in [0.2, 0.25) is 11.2 Å². The van der Waals surface area contributed by atoms with Gasteiger partial charge in [-0.1, -0.05) is 30.3 Å². The summed E-state index contributed by atoms with van der Waals surface area (Å²) in [5.41, 5.74) is 0.0923. The van der Waals surface area contributed by atoms with Crippen molar-refractivity contribution < 1.29 is 19.1 Å². The molecule has 0 atom stereocenters. The van der Waals surface area contributed by atoms with E-state index in [4.69, 9.17) is 4.42 Å². The van der Waals surface area contributed by atoms with Gasteiger partial charge in [-0.3, -0.25) is 9.59 Å². The smallest absolute Gasteiger partial charge is 0.313 e. The Balaban J connectivity index is 2.48. The molecule has 0 radical (unpaired) electrons. The van der Waals surface area contributed by atoms with Crippen molar-refractivity contribution in [3.05, 3.63) is 52.4 Å². The molecule has 2 rings (SSSR count). The fourth-order valence-corrected chi connectivity index (χ4v) is 1.60. The van der Waals surface area contributed by atoms with E-state index in [1.165, 1.54) is 13.2 Å². The Bertz CT molecular complexity index is 643. The molecular formula is C14H12O5. The lowest BCUT2D eigenvalue weighted by Crippen LogP contribution is -2.09. The van der Waals surface area contributed by atoms with Crippen LogP contribution in [0.1, 0.15) is 5.76 Å². The molecule has 0 saturated heterocycles. The third-order valence-corrected chi connectivity index (χ3v) is 2.58. The van der Waals surface area contributed by atoms with Gasteiger partial charge in [-0.05, 0) is 0 Å². The first kappa shape index (κ1) is 12.9. The van der Waals surface area contributed by atoms with Gasteiger partial charge in [0.05, 0.1) is 7.11 Å². The van der Waals surface area contributed by atoms with Crippen LogP contribution in [-0.4, -0.2) is 18.2 Å². The molecule has 98 valence electrons. The largest absolute Gasteiger partial charge is 0.502 e. The van der Waals surface area contributed by atoms with Gasteiger partial charge >= 0.3 is 5.97 Å². The molecule has 2 aromatic rings. The Morgan fingerprint density at radius 1 is 1.32 bits per heavy atom. The summed E-state index contributed by atoms with van der Waals surface area (Å²) in [6.45, 7) is 0. The molecule has 5 heteroatoms. The zero-order chi connectivity index (χ0) is 13.8. The van der Waals surface area contributed by atoms with Crippen molar-refractivity contribution in [1.82, 2.24) is 0 Å². The van der Waals surface area contributed by atoms with Crippen LogP contribution in [0.5, 0.6) is 5.75 Å². The molecule has 0 spiro atoms. The molecule has 0 aliphatic heterocycles. The summed E-state index contributed by atoms with van der Waals surface area (Å²) in [5, 5.41) is 9.60. The molecule has 1 heterocycles. The minimum atomic E-state index is -0.594. The number of rotatable bonds is 3. The van der Waals surface area contributed by atoms with Crippen LogP contribution in [0.2, 0.25) is 0 Å². The van der Waals surface area contributed by atoms with Crippen LogP contribution in [0.4, 0.5) is 0 Å². The molecule has 0 saturated carbocycles. The van der Waals surface area contributed by atoms with Crippen molar-refractivity contribution in [2.45, 2.75) is 6.42 Å². The Labute approximate surface area is 109 Å². The quantitative estimate of drug-likeness (QED) is 0.850. The van der Waals surface area contributed by atoms with E-state index in [9.17, 15) is 14.7 Å². The maximum Gasteiger partial charge on any atom is 0.313 e. The molecule has 0 amide bonds. The van der Waals surface area contributed by atoms with E-state index in [0.717, 1.165) is 0 Å². The van der Waals surface area contributed by atoms with E-state index in [-0.39, 0.29) is 12.2 Å². The topological polar surface area (TPSA) is 76.7 Å². The first-order valence-corrected chi connectivity index (χ1v) is 5.60. The minimum absolute atomic E-state index is 0.0989. The Hall–Kier alpha value is -2.56.